The highest BCUT2D eigenvalue weighted by Crippen LogP contribution is 2.34. The third-order valence-electron chi connectivity index (χ3n) is 4.79. The number of anilines is 1. The molecule has 1 heterocycles. The fourth-order valence-corrected chi connectivity index (χ4v) is 3.45. The highest BCUT2D eigenvalue weighted by Gasteiger charge is 2.51. The van der Waals surface area contributed by atoms with Crippen LogP contribution in [0.25, 0.3) is 0 Å². The van der Waals surface area contributed by atoms with Gasteiger partial charge in [-0.05, 0) is 6.07 Å². The minimum Gasteiger partial charge on any atom is -0.463 e. The number of hydrogen-bond donors (Lipinski definition) is 1. The molecule has 0 aliphatic carbocycles. The minimum absolute atomic E-state index is 0.0729. The molecule has 2 rings (SSSR count). The standard InChI is InChI=1S/C21H25N3O12/c1-5-8-32-21-18(22-15-7-6-14(23(28)29)9-16(15)24(30)31)20(35-13(4)27)19(34-12(3)26)17(36-21)10-33-11(2)25/h5-7,9,17-22H,1,8,10H2,2-4H3/t17-,18-,19-,20-,21+/m1/s1. The molecule has 1 fully saturated rings. The van der Waals surface area contributed by atoms with Crippen molar-refractivity contribution in [3.63, 3.8) is 0 Å². The van der Waals surface area contributed by atoms with Crippen LogP contribution < -0.4 is 5.32 Å². The van der Waals surface area contributed by atoms with Gasteiger partial charge in [-0.2, -0.15) is 0 Å². The van der Waals surface area contributed by atoms with Crippen molar-refractivity contribution in [1.82, 2.24) is 0 Å². The van der Waals surface area contributed by atoms with Gasteiger partial charge in [0.15, 0.2) is 18.5 Å². The van der Waals surface area contributed by atoms with E-state index < -0.39 is 76.4 Å². The van der Waals surface area contributed by atoms with E-state index in [9.17, 15) is 34.6 Å². The molecule has 15 heteroatoms. The van der Waals surface area contributed by atoms with Crippen LogP contribution in [0.4, 0.5) is 17.1 Å². The van der Waals surface area contributed by atoms with E-state index in [-0.39, 0.29) is 12.3 Å². The third-order valence-corrected chi connectivity index (χ3v) is 4.79. The molecule has 0 aromatic heterocycles. The smallest absolute Gasteiger partial charge is 0.303 e. The lowest BCUT2D eigenvalue weighted by Crippen LogP contribution is -2.64. The number of ether oxygens (including phenoxy) is 5. The molecule has 0 amide bonds. The van der Waals surface area contributed by atoms with E-state index in [0.717, 1.165) is 39.0 Å². The summed E-state index contributed by atoms with van der Waals surface area (Å²) in [6.07, 6.45) is -3.75. The highest BCUT2D eigenvalue weighted by atomic mass is 16.7. The second-order valence-corrected chi connectivity index (χ2v) is 7.50. The lowest BCUT2D eigenvalue weighted by Gasteiger charge is -2.45. The molecule has 0 saturated carbocycles. The van der Waals surface area contributed by atoms with Crippen LogP contribution in [0.5, 0.6) is 0 Å². The SMILES string of the molecule is C=CCO[C@H]1O[C@H](COC(C)=O)[C@@H](OC(C)=O)[C@H](OC(C)=O)[C@H]1Nc1ccc([N+](=O)[O-])cc1[N+](=O)[O-]. The van der Waals surface area contributed by atoms with Crippen molar-refractivity contribution < 1.29 is 47.9 Å². The van der Waals surface area contributed by atoms with Crippen molar-refractivity contribution in [3.8, 4) is 0 Å². The predicted octanol–water partition coefficient (Wildman–Crippen LogP) is 1.64. The second kappa shape index (κ2) is 12.6. The van der Waals surface area contributed by atoms with Crippen LogP contribution in [0.1, 0.15) is 20.8 Å². The molecular formula is C21H25N3O12. The van der Waals surface area contributed by atoms with Gasteiger partial charge in [0.1, 0.15) is 24.4 Å². The van der Waals surface area contributed by atoms with Gasteiger partial charge in [0.05, 0.1) is 22.5 Å². The summed E-state index contributed by atoms with van der Waals surface area (Å²) in [5.41, 5.74) is -1.37. The van der Waals surface area contributed by atoms with E-state index in [4.69, 9.17) is 23.7 Å². The lowest BCUT2D eigenvalue weighted by molar-refractivity contribution is -0.393. The van der Waals surface area contributed by atoms with Crippen LogP contribution in [-0.2, 0) is 38.1 Å². The number of nitrogens with one attached hydrogen (secondary N) is 1. The maximum atomic E-state index is 12.0. The van der Waals surface area contributed by atoms with Crippen LogP contribution in [0.2, 0.25) is 0 Å². The first-order valence-electron chi connectivity index (χ1n) is 10.5. The molecule has 1 saturated heterocycles. The average molecular weight is 511 g/mol. The van der Waals surface area contributed by atoms with Crippen molar-refractivity contribution >= 4 is 35.0 Å². The first kappa shape index (κ1) is 28.1. The molecule has 15 nitrogen and oxygen atoms in total. The van der Waals surface area contributed by atoms with Gasteiger partial charge in [0.25, 0.3) is 11.4 Å². The van der Waals surface area contributed by atoms with E-state index in [0.29, 0.717) is 0 Å². The zero-order valence-corrected chi connectivity index (χ0v) is 19.6. The minimum atomic E-state index is -1.36. The average Bonchev–Trinajstić information content (AvgIpc) is 2.78. The van der Waals surface area contributed by atoms with Crippen LogP contribution >= 0.6 is 0 Å². The van der Waals surface area contributed by atoms with E-state index in [1.165, 1.54) is 6.08 Å². The van der Waals surface area contributed by atoms with Crippen LogP contribution in [0, 0.1) is 20.2 Å². The zero-order chi connectivity index (χ0) is 27.0. The van der Waals surface area contributed by atoms with Crippen LogP contribution in [0.15, 0.2) is 30.9 Å². The number of carbonyl (C=O) groups is 3. The summed E-state index contributed by atoms with van der Waals surface area (Å²) >= 11 is 0. The monoisotopic (exact) mass is 511 g/mol. The summed E-state index contributed by atoms with van der Waals surface area (Å²) in [5, 5.41) is 25.5. The Morgan fingerprint density at radius 2 is 1.69 bits per heavy atom. The first-order chi connectivity index (χ1) is 16.9. The predicted molar refractivity (Wildman–Crippen MR) is 120 cm³/mol. The number of benzene rings is 1. The van der Waals surface area contributed by atoms with Crippen molar-refractivity contribution in [2.45, 2.75) is 51.4 Å². The molecular weight excluding hydrogens is 486 g/mol. The number of nitro groups is 2. The van der Waals surface area contributed by atoms with Gasteiger partial charge in [-0.1, -0.05) is 6.08 Å². The number of carbonyl (C=O) groups excluding carboxylic acids is 3. The summed E-state index contributed by atoms with van der Waals surface area (Å²) in [4.78, 5) is 56.3. The van der Waals surface area contributed by atoms with Crippen molar-refractivity contribution in [2.24, 2.45) is 0 Å². The van der Waals surface area contributed by atoms with Gasteiger partial charge < -0.3 is 29.0 Å². The Bertz CT molecular complexity index is 1030. The van der Waals surface area contributed by atoms with Crippen molar-refractivity contribution in [3.05, 3.63) is 51.1 Å². The van der Waals surface area contributed by atoms with Gasteiger partial charge in [-0.25, -0.2) is 0 Å². The number of nitro benzene ring substituents is 2. The maximum Gasteiger partial charge on any atom is 0.303 e. The highest BCUT2D eigenvalue weighted by molar-refractivity contribution is 5.69. The van der Waals surface area contributed by atoms with E-state index in [1.807, 2.05) is 0 Å². The fraction of sp³-hybridized carbons (Fsp3) is 0.476. The van der Waals surface area contributed by atoms with Gasteiger partial charge in [0.2, 0.25) is 0 Å². The zero-order valence-electron chi connectivity index (χ0n) is 19.6. The first-order valence-corrected chi connectivity index (χ1v) is 10.5. The number of non-ortho nitro benzene ring substituents is 1. The van der Waals surface area contributed by atoms with Gasteiger partial charge in [-0.3, -0.25) is 34.6 Å². The molecule has 0 spiro atoms. The fourth-order valence-electron chi connectivity index (χ4n) is 3.45. The lowest BCUT2D eigenvalue weighted by atomic mass is 9.95. The molecule has 0 radical (unpaired) electrons. The molecule has 36 heavy (non-hydrogen) atoms. The third kappa shape index (κ3) is 7.44. The molecule has 0 unspecified atom stereocenters. The maximum absolute atomic E-state index is 12.0. The summed E-state index contributed by atoms with van der Waals surface area (Å²) in [7, 11) is 0. The molecule has 1 aromatic rings. The van der Waals surface area contributed by atoms with E-state index in [2.05, 4.69) is 11.9 Å². The number of rotatable bonds is 11. The molecule has 5 atom stereocenters. The Morgan fingerprint density at radius 3 is 2.22 bits per heavy atom. The Balaban J connectivity index is 2.57. The van der Waals surface area contributed by atoms with E-state index >= 15 is 0 Å². The molecule has 1 aliphatic heterocycles. The summed E-state index contributed by atoms with van der Waals surface area (Å²) in [5.74, 6) is -2.23. The molecule has 1 N–H and O–H groups in total. The van der Waals surface area contributed by atoms with E-state index in [1.54, 1.807) is 0 Å². The summed E-state index contributed by atoms with van der Waals surface area (Å²) in [6.45, 7) is 6.40. The Labute approximate surface area is 204 Å². The Kier molecular flexibility index (Phi) is 9.81. The van der Waals surface area contributed by atoms with Crippen LogP contribution in [0.3, 0.4) is 0 Å². The summed E-state index contributed by atoms with van der Waals surface area (Å²) in [6, 6.07) is 1.65. The molecule has 1 aliphatic rings. The number of esters is 3. The van der Waals surface area contributed by atoms with Crippen molar-refractivity contribution in [2.75, 3.05) is 18.5 Å². The second-order valence-electron chi connectivity index (χ2n) is 7.50. The number of hydrogen-bond acceptors (Lipinski definition) is 13. The largest absolute Gasteiger partial charge is 0.463 e. The Hall–Kier alpha value is -4.11. The number of nitrogens with zero attached hydrogens (tertiary/aromatic N) is 2. The quantitative estimate of drug-likeness (QED) is 0.148. The van der Waals surface area contributed by atoms with Crippen molar-refractivity contribution in [1.29, 1.82) is 0 Å². The summed E-state index contributed by atoms with van der Waals surface area (Å²) < 4.78 is 27.2. The molecule has 0 bridgehead atoms. The van der Waals surface area contributed by atoms with Crippen LogP contribution in [-0.4, -0.2) is 71.6 Å². The molecule has 1 aromatic carbocycles. The topological polar surface area (TPSA) is 196 Å². The van der Waals surface area contributed by atoms with Gasteiger partial charge >= 0.3 is 17.9 Å². The Morgan fingerprint density at radius 1 is 1.06 bits per heavy atom. The molecule has 196 valence electrons. The van der Waals surface area contributed by atoms with Gasteiger partial charge in [-0.15, -0.1) is 6.58 Å². The normalized spacial score (nSPS) is 23.1. The van der Waals surface area contributed by atoms with Gasteiger partial charge in [0, 0.05) is 26.8 Å².